The topological polar surface area (TPSA) is 59.6 Å². The molecular formula is C17H14BrCl2F3N2O3. The van der Waals surface area contributed by atoms with Gasteiger partial charge in [0.1, 0.15) is 11.5 Å². The number of urea groups is 1. The number of amides is 2. The van der Waals surface area contributed by atoms with Gasteiger partial charge in [-0.3, -0.25) is 0 Å². The van der Waals surface area contributed by atoms with E-state index in [1.54, 1.807) is 0 Å². The molecule has 0 saturated carbocycles. The number of carbonyl (C=O) groups is 1. The predicted octanol–water partition coefficient (Wildman–Crippen LogP) is 6.98. The summed E-state index contributed by atoms with van der Waals surface area (Å²) in [7, 11) is 0. The van der Waals surface area contributed by atoms with Gasteiger partial charge >= 0.3 is 12.4 Å². The Morgan fingerprint density at radius 2 is 1.82 bits per heavy atom. The number of rotatable bonds is 6. The molecule has 0 spiro atoms. The molecule has 5 nitrogen and oxygen atoms in total. The van der Waals surface area contributed by atoms with E-state index in [0.717, 1.165) is 12.5 Å². The highest BCUT2D eigenvalue weighted by Gasteiger charge is 2.32. The summed E-state index contributed by atoms with van der Waals surface area (Å²) < 4.78 is 46.4. The number of alkyl halides is 3. The van der Waals surface area contributed by atoms with Gasteiger partial charge in [0, 0.05) is 12.2 Å². The van der Waals surface area contributed by atoms with Crippen molar-refractivity contribution < 1.29 is 27.4 Å². The van der Waals surface area contributed by atoms with Gasteiger partial charge in [-0.05, 0) is 52.7 Å². The normalized spacial score (nSPS) is 11.1. The lowest BCUT2D eigenvalue weighted by atomic mass is 10.3. The van der Waals surface area contributed by atoms with Gasteiger partial charge in [-0.15, -0.1) is 13.2 Å². The zero-order valence-corrected chi connectivity index (χ0v) is 17.4. The van der Waals surface area contributed by atoms with Gasteiger partial charge in [0.15, 0.2) is 5.75 Å². The van der Waals surface area contributed by atoms with Crippen molar-refractivity contribution in [2.45, 2.75) is 19.7 Å². The first-order valence-corrected chi connectivity index (χ1v) is 9.41. The molecule has 0 fully saturated rings. The zero-order valence-electron chi connectivity index (χ0n) is 14.3. The fraction of sp³-hybridized carbons (Fsp3) is 0.235. The van der Waals surface area contributed by atoms with Crippen molar-refractivity contribution in [3.8, 4) is 17.2 Å². The van der Waals surface area contributed by atoms with Crippen LogP contribution in [0.25, 0.3) is 0 Å². The number of hydrogen-bond donors (Lipinski definition) is 2. The summed E-state index contributed by atoms with van der Waals surface area (Å²) in [5.41, 5.74) is 0.353. The molecule has 2 aromatic carbocycles. The molecule has 2 N–H and O–H groups in total. The number of nitrogens with one attached hydrogen (secondary N) is 2. The van der Waals surface area contributed by atoms with E-state index >= 15 is 0 Å². The molecule has 0 aliphatic rings. The molecule has 0 aliphatic heterocycles. The van der Waals surface area contributed by atoms with E-state index in [0.29, 0.717) is 12.2 Å². The number of hydrogen-bond acceptors (Lipinski definition) is 3. The zero-order chi connectivity index (χ0) is 20.9. The summed E-state index contributed by atoms with van der Waals surface area (Å²) in [5, 5.41) is 5.42. The second-order valence-corrected chi connectivity index (χ2v) is 7.06. The molecule has 152 valence electrons. The fourth-order valence-corrected chi connectivity index (χ4v) is 3.02. The Morgan fingerprint density at radius 1 is 1.18 bits per heavy atom. The largest absolute Gasteiger partial charge is 0.573 e. The van der Waals surface area contributed by atoms with Crippen molar-refractivity contribution in [1.82, 2.24) is 5.32 Å². The van der Waals surface area contributed by atoms with Gasteiger partial charge in [-0.1, -0.05) is 30.1 Å². The summed E-state index contributed by atoms with van der Waals surface area (Å²) in [6, 6.07) is 6.09. The number of benzene rings is 2. The Morgan fingerprint density at radius 3 is 2.36 bits per heavy atom. The highest BCUT2D eigenvalue weighted by atomic mass is 79.9. The van der Waals surface area contributed by atoms with Gasteiger partial charge < -0.3 is 20.1 Å². The van der Waals surface area contributed by atoms with Crippen molar-refractivity contribution in [1.29, 1.82) is 0 Å². The van der Waals surface area contributed by atoms with Gasteiger partial charge in [-0.25, -0.2) is 4.79 Å². The van der Waals surface area contributed by atoms with Crippen LogP contribution in [0.15, 0.2) is 34.8 Å². The molecule has 0 aliphatic carbocycles. The lowest BCUT2D eigenvalue weighted by molar-refractivity contribution is -0.274. The van der Waals surface area contributed by atoms with Crippen molar-refractivity contribution in [2.75, 3.05) is 11.9 Å². The maximum absolute atomic E-state index is 12.3. The van der Waals surface area contributed by atoms with Crippen molar-refractivity contribution in [3.63, 3.8) is 0 Å². The minimum Gasteiger partial charge on any atom is -0.454 e. The summed E-state index contributed by atoms with van der Waals surface area (Å²) in [5.74, 6) is -0.166. The Kier molecular flexibility index (Phi) is 7.68. The lowest BCUT2D eigenvalue weighted by Crippen LogP contribution is -2.29. The van der Waals surface area contributed by atoms with Crippen molar-refractivity contribution >= 4 is 50.9 Å². The van der Waals surface area contributed by atoms with Crippen LogP contribution >= 0.6 is 39.1 Å². The number of ether oxygens (including phenoxy) is 2. The van der Waals surface area contributed by atoms with Crippen LogP contribution < -0.4 is 20.1 Å². The molecule has 0 unspecified atom stereocenters. The minimum absolute atomic E-state index is 0.0282. The van der Waals surface area contributed by atoms with E-state index in [-0.39, 0.29) is 26.0 Å². The first kappa shape index (κ1) is 22.4. The van der Waals surface area contributed by atoms with Crippen LogP contribution in [0.3, 0.4) is 0 Å². The second kappa shape index (κ2) is 9.58. The summed E-state index contributed by atoms with van der Waals surface area (Å²) in [6.45, 7) is 2.43. The lowest BCUT2D eigenvalue weighted by Gasteiger charge is -2.14. The third kappa shape index (κ3) is 6.65. The minimum atomic E-state index is -4.82. The smallest absolute Gasteiger partial charge is 0.454 e. The molecule has 2 aromatic rings. The van der Waals surface area contributed by atoms with E-state index in [1.807, 2.05) is 6.92 Å². The summed E-state index contributed by atoms with van der Waals surface area (Å²) >= 11 is 15.3. The van der Waals surface area contributed by atoms with E-state index < -0.39 is 18.1 Å². The Hall–Kier alpha value is -1.84. The van der Waals surface area contributed by atoms with Gasteiger partial charge in [-0.2, -0.15) is 0 Å². The average Bonchev–Trinajstić information content (AvgIpc) is 2.57. The van der Waals surface area contributed by atoms with E-state index in [2.05, 4.69) is 31.3 Å². The second-order valence-electron chi connectivity index (χ2n) is 5.39. The number of anilines is 1. The maximum Gasteiger partial charge on any atom is 0.573 e. The van der Waals surface area contributed by atoms with Crippen LogP contribution in [0.1, 0.15) is 13.3 Å². The number of halogens is 6. The Balaban J connectivity index is 2.16. The molecule has 11 heteroatoms. The summed E-state index contributed by atoms with van der Waals surface area (Å²) in [4.78, 5) is 11.7. The molecule has 0 saturated heterocycles. The summed E-state index contributed by atoms with van der Waals surface area (Å²) in [6.07, 6.45) is -4.03. The third-order valence-corrected chi connectivity index (χ3v) is 4.32. The molecule has 28 heavy (non-hydrogen) atoms. The van der Waals surface area contributed by atoms with Gasteiger partial charge in [0.2, 0.25) is 0 Å². The molecule has 0 bridgehead atoms. The molecule has 0 heterocycles. The molecule has 0 atom stereocenters. The standard InChI is InChI=1S/C17H14BrCl2F3N2O3/c1-2-5-24-16(26)25-9-6-12(19)15(13(20)7-9)27-10-3-4-14(11(18)8-10)28-17(21,22)23/h3-4,6-8H,2,5H2,1H3,(H2,24,25,26). The van der Waals surface area contributed by atoms with Crippen LogP contribution in [0.4, 0.5) is 23.7 Å². The third-order valence-electron chi connectivity index (χ3n) is 3.14. The SMILES string of the molecule is CCCNC(=O)Nc1cc(Cl)c(Oc2ccc(OC(F)(F)F)c(Br)c2)c(Cl)c1. The van der Waals surface area contributed by atoms with Crippen LogP contribution in [-0.4, -0.2) is 18.9 Å². The van der Waals surface area contributed by atoms with E-state index in [1.165, 1.54) is 24.3 Å². The fourth-order valence-electron chi connectivity index (χ4n) is 2.01. The monoisotopic (exact) mass is 500 g/mol. The van der Waals surface area contributed by atoms with Crippen LogP contribution in [0, 0.1) is 0 Å². The predicted molar refractivity (Wildman–Crippen MR) is 105 cm³/mol. The Labute approximate surface area is 177 Å². The molecule has 2 rings (SSSR count). The quantitative estimate of drug-likeness (QED) is 0.449. The van der Waals surface area contributed by atoms with Crippen LogP contribution in [0.5, 0.6) is 17.2 Å². The highest BCUT2D eigenvalue weighted by Crippen LogP contribution is 2.41. The molecular weight excluding hydrogens is 488 g/mol. The Bertz CT molecular complexity index is 843. The maximum atomic E-state index is 12.3. The molecule has 0 radical (unpaired) electrons. The van der Waals surface area contributed by atoms with E-state index in [4.69, 9.17) is 27.9 Å². The van der Waals surface area contributed by atoms with Crippen molar-refractivity contribution in [3.05, 3.63) is 44.8 Å². The van der Waals surface area contributed by atoms with Crippen molar-refractivity contribution in [2.24, 2.45) is 0 Å². The average molecular weight is 502 g/mol. The molecule has 2 amide bonds. The van der Waals surface area contributed by atoms with Gasteiger partial charge in [0.25, 0.3) is 0 Å². The molecule has 0 aromatic heterocycles. The van der Waals surface area contributed by atoms with Gasteiger partial charge in [0.05, 0.1) is 14.5 Å². The van der Waals surface area contributed by atoms with Crippen LogP contribution in [-0.2, 0) is 0 Å². The van der Waals surface area contributed by atoms with E-state index in [9.17, 15) is 18.0 Å². The number of carbonyl (C=O) groups excluding carboxylic acids is 1. The first-order chi connectivity index (χ1) is 13.1. The first-order valence-electron chi connectivity index (χ1n) is 7.86. The highest BCUT2D eigenvalue weighted by molar-refractivity contribution is 9.10. The van der Waals surface area contributed by atoms with Crippen LogP contribution in [0.2, 0.25) is 10.0 Å².